The number of benzene rings is 1. The molecule has 1 aromatic rings. The first-order valence-electron chi connectivity index (χ1n) is 4.19. The van der Waals surface area contributed by atoms with Crippen LogP contribution in [0.3, 0.4) is 0 Å². The summed E-state index contributed by atoms with van der Waals surface area (Å²) in [6.45, 7) is 1.29. The van der Waals surface area contributed by atoms with Gasteiger partial charge in [-0.25, -0.2) is 0 Å². The first kappa shape index (κ1) is 11.7. The molecule has 0 saturated carbocycles. The summed E-state index contributed by atoms with van der Waals surface area (Å²) in [6, 6.07) is 3.20. The van der Waals surface area contributed by atoms with Gasteiger partial charge >= 0.3 is 5.97 Å². The van der Waals surface area contributed by atoms with Gasteiger partial charge in [-0.15, -0.1) is 0 Å². The van der Waals surface area contributed by atoms with Crippen LogP contribution in [0, 0.1) is 0 Å². The Hall–Kier alpha value is -1.42. The molecule has 0 atom stereocenters. The maximum atomic E-state index is 10.9. The maximum absolute atomic E-state index is 10.9. The molecule has 0 saturated heterocycles. The molecule has 0 spiro atoms. The van der Waals surface area contributed by atoms with Crippen molar-refractivity contribution >= 4 is 17.6 Å². The molecule has 0 aliphatic heterocycles. The summed E-state index contributed by atoms with van der Waals surface area (Å²) in [6.07, 6.45) is 0. The number of hydrogen-bond donors (Lipinski definition) is 0. The van der Waals surface area contributed by atoms with Crippen LogP contribution in [-0.4, -0.2) is 20.2 Å². The van der Waals surface area contributed by atoms with Crippen LogP contribution in [0.15, 0.2) is 12.1 Å². The van der Waals surface area contributed by atoms with Crippen LogP contribution in [0.5, 0.6) is 17.2 Å². The third kappa shape index (κ3) is 2.53. The van der Waals surface area contributed by atoms with Crippen molar-refractivity contribution in [2.45, 2.75) is 6.92 Å². The Kier molecular flexibility index (Phi) is 3.80. The van der Waals surface area contributed by atoms with E-state index in [0.717, 1.165) is 0 Å². The Morgan fingerprint density at radius 3 is 2.33 bits per heavy atom. The summed E-state index contributed by atoms with van der Waals surface area (Å²) < 4.78 is 15.0. The number of ether oxygens (including phenoxy) is 3. The van der Waals surface area contributed by atoms with Crippen LogP contribution in [0.1, 0.15) is 6.92 Å². The number of rotatable bonds is 3. The van der Waals surface area contributed by atoms with Gasteiger partial charge in [-0.05, 0) is 12.1 Å². The van der Waals surface area contributed by atoms with Crippen LogP contribution >= 0.6 is 11.6 Å². The molecule has 0 radical (unpaired) electrons. The molecule has 0 unspecified atom stereocenters. The first-order chi connectivity index (χ1) is 7.10. The molecule has 15 heavy (non-hydrogen) atoms. The van der Waals surface area contributed by atoms with Gasteiger partial charge in [-0.3, -0.25) is 4.79 Å². The molecule has 82 valence electrons. The van der Waals surface area contributed by atoms with Crippen LogP contribution in [0.25, 0.3) is 0 Å². The first-order valence-corrected chi connectivity index (χ1v) is 4.56. The van der Waals surface area contributed by atoms with Crippen LogP contribution in [-0.2, 0) is 4.79 Å². The molecule has 0 heterocycles. The van der Waals surface area contributed by atoms with E-state index < -0.39 is 5.97 Å². The lowest BCUT2D eigenvalue weighted by Crippen LogP contribution is -2.05. The second kappa shape index (κ2) is 4.89. The van der Waals surface area contributed by atoms with Gasteiger partial charge in [-0.1, -0.05) is 11.6 Å². The molecule has 0 bridgehead atoms. The number of carbonyl (C=O) groups excluding carboxylic acids is 1. The van der Waals surface area contributed by atoms with E-state index in [0.29, 0.717) is 10.8 Å². The van der Waals surface area contributed by atoms with Gasteiger partial charge in [0.05, 0.1) is 19.2 Å². The highest BCUT2D eigenvalue weighted by Crippen LogP contribution is 2.42. The van der Waals surface area contributed by atoms with Gasteiger partial charge < -0.3 is 14.2 Å². The lowest BCUT2D eigenvalue weighted by atomic mass is 10.3. The van der Waals surface area contributed by atoms with Crippen molar-refractivity contribution in [2.24, 2.45) is 0 Å². The predicted octanol–water partition coefficient (Wildman–Crippen LogP) is 2.28. The zero-order valence-electron chi connectivity index (χ0n) is 8.67. The fraction of sp³-hybridized carbons (Fsp3) is 0.300. The van der Waals surface area contributed by atoms with E-state index in [4.69, 9.17) is 25.8 Å². The van der Waals surface area contributed by atoms with Gasteiger partial charge in [0.25, 0.3) is 0 Å². The largest absolute Gasteiger partial charge is 0.493 e. The topological polar surface area (TPSA) is 44.8 Å². The Bertz CT molecular complexity index is 376. The number of halogens is 1. The minimum absolute atomic E-state index is 0.194. The number of carbonyl (C=O) groups is 1. The number of methoxy groups -OCH3 is 2. The summed E-state index contributed by atoms with van der Waals surface area (Å²) in [7, 11) is 2.91. The van der Waals surface area contributed by atoms with Crippen molar-refractivity contribution in [2.75, 3.05) is 14.2 Å². The van der Waals surface area contributed by atoms with E-state index in [9.17, 15) is 4.79 Å². The summed E-state index contributed by atoms with van der Waals surface area (Å²) >= 11 is 5.87. The molecule has 4 nitrogen and oxygen atoms in total. The van der Waals surface area contributed by atoms with Gasteiger partial charge in [0, 0.05) is 6.92 Å². The highest BCUT2D eigenvalue weighted by molar-refractivity contribution is 6.32. The van der Waals surface area contributed by atoms with E-state index in [1.165, 1.54) is 21.1 Å². The zero-order valence-corrected chi connectivity index (χ0v) is 9.42. The van der Waals surface area contributed by atoms with Crippen molar-refractivity contribution in [3.63, 3.8) is 0 Å². The summed E-state index contributed by atoms with van der Waals surface area (Å²) in [5.41, 5.74) is 0. The normalized spacial score (nSPS) is 9.60. The van der Waals surface area contributed by atoms with Gasteiger partial charge in [0.15, 0.2) is 11.5 Å². The summed E-state index contributed by atoms with van der Waals surface area (Å²) in [5, 5.41) is 0.356. The molecule has 0 fully saturated rings. The molecular formula is C10H11ClO4. The molecule has 1 aromatic carbocycles. The highest BCUT2D eigenvalue weighted by atomic mass is 35.5. The monoisotopic (exact) mass is 230 g/mol. The van der Waals surface area contributed by atoms with E-state index >= 15 is 0 Å². The van der Waals surface area contributed by atoms with Gasteiger partial charge in [0.2, 0.25) is 5.75 Å². The fourth-order valence-electron chi connectivity index (χ4n) is 1.11. The highest BCUT2D eigenvalue weighted by Gasteiger charge is 2.16. The van der Waals surface area contributed by atoms with Crippen molar-refractivity contribution < 1.29 is 19.0 Å². The predicted molar refractivity (Wildman–Crippen MR) is 55.9 cm³/mol. The van der Waals surface area contributed by atoms with E-state index in [-0.39, 0.29) is 11.5 Å². The smallest absolute Gasteiger partial charge is 0.308 e. The Morgan fingerprint density at radius 1 is 1.20 bits per heavy atom. The van der Waals surface area contributed by atoms with Crippen LogP contribution in [0.2, 0.25) is 5.02 Å². The SMILES string of the molecule is COc1ccc(Cl)c(OC)c1OC(C)=O. The van der Waals surface area contributed by atoms with Gasteiger partial charge in [0.1, 0.15) is 0 Å². The summed E-state index contributed by atoms with van der Waals surface area (Å²) in [4.78, 5) is 10.9. The van der Waals surface area contributed by atoms with Crippen LogP contribution < -0.4 is 14.2 Å². The van der Waals surface area contributed by atoms with Crippen molar-refractivity contribution in [1.29, 1.82) is 0 Å². The minimum Gasteiger partial charge on any atom is -0.493 e. The standard InChI is InChI=1S/C10H11ClO4/c1-6(12)15-10-8(13-2)5-4-7(11)9(10)14-3/h4-5H,1-3H3. The average molecular weight is 231 g/mol. The molecule has 1 rings (SSSR count). The average Bonchev–Trinajstić information content (AvgIpc) is 2.18. The Balaban J connectivity index is 3.26. The zero-order chi connectivity index (χ0) is 11.4. The van der Waals surface area contributed by atoms with Crippen molar-refractivity contribution in [3.05, 3.63) is 17.2 Å². The lowest BCUT2D eigenvalue weighted by Gasteiger charge is -2.12. The maximum Gasteiger partial charge on any atom is 0.308 e. The summed E-state index contributed by atoms with van der Waals surface area (Å²) in [5.74, 6) is 0.409. The molecular weight excluding hydrogens is 220 g/mol. The lowest BCUT2D eigenvalue weighted by molar-refractivity contribution is -0.132. The quantitative estimate of drug-likeness (QED) is 0.590. The molecule has 5 heteroatoms. The van der Waals surface area contributed by atoms with Crippen LogP contribution in [0.4, 0.5) is 0 Å². The van der Waals surface area contributed by atoms with E-state index in [1.54, 1.807) is 12.1 Å². The fourth-order valence-corrected chi connectivity index (χ4v) is 1.34. The number of hydrogen-bond acceptors (Lipinski definition) is 4. The van der Waals surface area contributed by atoms with Gasteiger partial charge in [-0.2, -0.15) is 0 Å². The molecule has 0 aliphatic rings. The number of esters is 1. The molecule has 0 aliphatic carbocycles. The van der Waals surface area contributed by atoms with Crippen molar-refractivity contribution in [1.82, 2.24) is 0 Å². The Labute approximate surface area is 92.7 Å². The second-order valence-electron chi connectivity index (χ2n) is 2.71. The minimum atomic E-state index is -0.464. The van der Waals surface area contributed by atoms with E-state index in [2.05, 4.69) is 0 Å². The Morgan fingerprint density at radius 2 is 1.87 bits per heavy atom. The molecule has 0 amide bonds. The van der Waals surface area contributed by atoms with Crippen molar-refractivity contribution in [3.8, 4) is 17.2 Å². The third-order valence-corrected chi connectivity index (χ3v) is 2.00. The molecule has 0 N–H and O–H groups in total. The molecule has 0 aromatic heterocycles. The van der Waals surface area contributed by atoms with E-state index in [1.807, 2.05) is 0 Å². The third-order valence-electron chi connectivity index (χ3n) is 1.70. The second-order valence-corrected chi connectivity index (χ2v) is 3.11.